The quantitative estimate of drug-likeness (QED) is 0.362. The lowest BCUT2D eigenvalue weighted by Gasteiger charge is -2.09. The molecule has 3 heteroatoms. The van der Waals surface area contributed by atoms with Crippen molar-refractivity contribution in [1.29, 1.82) is 0 Å². The Morgan fingerprint density at radius 2 is 2.06 bits per heavy atom. The average Bonchev–Trinajstić information content (AvgIpc) is 2.21. The molecule has 0 saturated heterocycles. The van der Waals surface area contributed by atoms with Gasteiger partial charge in [-0.05, 0) is 38.0 Å². The Hall–Kier alpha value is -1.51. The molecule has 0 aromatic heterocycles. The van der Waals surface area contributed by atoms with E-state index in [1.807, 2.05) is 13.0 Å². The topological polar surface area (TPSA) is 12.4 Å². The van der Waals surface area contributed by atoms with Crippen molar-refractivity contribution in [2.24, 2.45) is 4.99 Å². The number of halogens is 2. The van der Waals surface area contributed by atoms with Gasteiger partial charge in [-0.1, -0.05) is 24.8 Å². The van der Waals surface area contributed by atoms with E-state index in [4.69, 9.17) is 0 Å². The monoisotopic (exact) mass is 239 g/mol. The number of rotatable bonds is 6. The summed E-state index contributed by atoms with van der Waals surface area (Å²) in [6, 6.07) is 0. The molecule has 0 aliphatic rings. The van der Waals surface area contributed by atoms with E-state index in [9.17, 15) is 8.78 Å². The van der Waals surface area contributed by atoms with E-state index in [1.165, 1.54) is 13.0 Å². The first-order valence-electron chi connectivity index (χ1n) is 5.43. The Balaban J connectivity index is 4.11. The zero-order valence-corrected chi connectivity index (χ0v) is 10.6. The van der Waals surface area contributed by atoms with Gasteiger partial charge < -0.3 is 0 Å². The highest BCUT2D eigenvalue weighted by Gasteiger charge is 2.22. The molecule has 1 nitrogen and oxygen atoms in total. The van der Waals surface area contributed by atoms with Crippen LogP contribution in [0.1, 0.15) is 27.2 Å². The molecule has 0 aliphatic heterocycles. The third-order valence-corrected chi connectivity index (χ3v) is 2.07. The average molecular weight is 239 g/mol. The highest BCUT2D eigenvalue weighted by atomic mass is 19.3. The van der Waals surface area contributed by atoms with Gasteiger partial charge in [0.15, 0.2) is 0 Å². The number of nitrogens with zero attached hydrogens (tertiary/aromatic N) is 1. The molecule has 0 radical (unpaired) electrons. The van der Waals surface area contributed by atoms with E-state index in [1.54, 1.807) is 24.4 Å². The Bertz CT molecular complexity index is 355. The summed E-state index contributed by atoms with van der Waals surface area (Å²) in [4.78, 5) is 4.02. The summed E-state index contributed by atoms with van der Waals surface area (Å²) < 4.78 is 25.5. The number of allylic oxidation sites excluding steroid dienone is 6. The Labute approximate surface area is 102 Å². The maximum atomic E-state index is 12.7. The first-order valence-corrected chi connectivity index (χ1v) is 5.43. The van der Waals surface area contributed by atoms with Gasteiger partial charge in [-0.3, -0.25) is 4.99 Å². The van der Waals surface area contributed by atoms with E-state index in [2.05, 4.69) is 11.6 Å². The van der Waals surface area contributed by atoms with Gasteiger partial charge in [-0.2, -0.15) is 0 Å². The van der Waals surface area contributed by atoms with Crippen LogP contribution in [0.4, 0.5) is 8.78 Å². The van der Waals surface area contributed by atoms with Gasteiger partial charge in [0.1, 0.15) is 0 Å². The predicted molar refractivity (Wildman–Crippen MR) is 70.6 cm³/mol. The van der Waals surface area contributed by atoms with Crippen molar-refractivity contribution in [3.63, 3.8) is 0 Å². The first kappa shape index (κ1) is 15.5. The molecule has 0 aliphatic carbocycles. The van der Waals surface area contributed by atoms with Crippen molar-refractivity contribution >= 4 is 6.21 Å². The summed E-state index contributed by atoms with van der Waals surface area (Å²) in [5.41, 5.74) is 0.737. The molecule has 0 spiro atoms. The molecule has 0 amide bonds. The molecule has 0 heterocycles. The largest absolute Gasteiger partial charge is 0.266 e. The van der Waals surface area contributed by atoms with Gasteiger partial charge in [-0.15, -0.1) is 0 Å². The van der Waals surface area contributed by atoms with Crippen LogP contribution in [0.25, 0.3) is 0 Å². The molecule has 0 bridgehead atoms. The van der Waals surface area contributed by atoms with E-state index >= 15 is 0 Å². The molecule has 0 atom stereocenters. The summed E-state index contributed by atoms with van der Waals surface area (Å²) in [5.74, 6) is -2.73. The van der Waals surface area contributed by atoms with E-state index in [0.717, 1.165) is 6.92 Å². The smallest absolute Gasteiger partial charge is 0.258 e. The predicted octanol–water partition coefficient (Wildman–Crippen LogP) is 4.69. The normalized spacial score (nSPS) is 14.3. The third-order valence-electron chi connectivity index (χ3n) is 2.07. The van der Waals surface area contributed by atoms with Crippen molar-refractivity contribution in [2.45, 2.75) is 33.1 Å². The van der Waals surface area contributed by atoms with Crippen LogP contribution in [0.3, 0.4) is 0 Å². The lowest BCUT2D eigenvalue weighted by Crippen LogP contribution is -2.10. The zero-order valence-electron chi connectivity index (χ0n) is 10.6. The minimum atomic E-state index is -2.73. The molecule has 17 heavy (non-hydrogen) atoms. The lowest BCUT2D eigenvalue weighted by atomic mass is 10.1. The maximum absolute atomic E-state index is 12.7. The summed E-state index contributed by atoms with van der Waals surface area (Å²) in [7, 11) is 0. The zero-order chi connectivity index (χ0) is 13.3. The van der Waals surface area contributed by atoms with Crippen LogP contribution >= 0.6 is 0 Å². The van der Waals surface area contributed by atoms with Gasteiger partial charge in [0, 0.05) is 13.1 Å². The van der Waals surface area contributed by atoms with Crippen molar-refractivity contribution in [3.8, 4) is 0 Å². The van der Waals surface area contributed by atoms with Gasteiger partial charge in [0.05, 0.1) is 5.70 Å². The molecule has 0 aromatic carbocycles. The molecule has 0 aromatic rings. The van der Waals surface area contributed by atoms with Gasteiger partial charge in [-0.25, -0.2) is 8.78 Å². The maximum Gasteiger partial charge on any atom is 0.266 e. The fourth-order valence-electron chi connectivity index (χ4n) is 0.938. The fraction of sp³-hybridized carbons (Fsp3) is 0.357. The molecular weight excluding hydrogens is 220 g/mol. The molecule has 0 unspecified atom stereocenters. The molecular formula is C14H19F2N. The summed E-state index contributed by atoms with van der Waals surface area (Å²) >= 11 is 0. The highest BCUT2D eigenvalue weighted by molar-refractivity contribution is 5.72. The lowest BCUT2D eigenvalue weighted by molar-refractivity contribution is 0.0632. The van der Waals surface area contributed by atoms with Crippen molar-refractivity contribution < 1.29 is 8.78 Å². The Morgan fingerprint density at radius 3 is 2.59 bits per heavy atom. The Morgan fingerprint density at radius 1 is 1.41 bits per heavy atom. The molecule has 0 saturated carbocycles. The molecule has 94 valence electrons. The van der Waals surface area contributed by atoms with Crippen LogP contribution in [-0.4, -0.2) is 12.1 Å². The standard InChI is InChI=1S/C14H19F2N/c1-5-9-13(3)17-11-8-6-7-10-12(2)14(4,15)16/h5-6,8-11H,3,7H2,1-2,4H3/b8-6-,9-5-,12-10+,17-11-. The minimum Gasteiger partial charge on any atom is -0.258 e. The second-order valence-corrected chi connectivity index (χ2v) is 3.71. The van der Waals surface area contributed by atoms with Crippen LogP contribution in [0.5, 0.6) is 0 Å². The summed E-state index contributed by atoms with van der Waals surface area (Å²) in [6.45, 7) is 7.90. The fourth-order valence-corrected chi connectivity index (χ4v) is 0.938. The van der Waals surface area contributed by atoms with Crippen molar-refractivity contribution in [2.75, 3.05) is 0 Å². The van der Waals surface area contributed by atoms with Gasteiger partial charge in [0.25, 0.3) is 5.92 Å². The molecule has 0 rings (SSSR count). The van der Waals surface area contributed by atoms with E-state index < -0.39 is 5.92 Å². The van der Waals surface area contributed by atoms with Crippen LogP contribution < -0.4 is 0 Å². The SMILES string of the molecule is C=C(/C=C\C)/N=C\C=C/C/C=C(\C)C(C)(F)F. The van der Waals surface area contributed by atoms with Crippen LogP contribution in [0.2, 0.25) is 0 Å². The Kier molecular flexibility index (Phi) is 7.03. The molecule has 0 N–H and O–H groups in total. The van der Waals surface area contributed by atoms with E-state index in [0.29, 0.717) is 12.1 Å². The number of aliphatic imine (C=N–C) groups is 1. The van der Waals surface area contributed by atoms with Gasteiger partial charge in [0.2, 0.25) is 0 Å². The summed E-state index contributed by atoms with van der Waals surface area (Å²) in [5, 5.41) is 0. The summed E-state index contributed by atoms with van der Waals surface area (Å²) in [6.07, 6.45) is 10.7. The highest BCUT2D eigenvalue weighted by Crippen LogP contribution is 2.22. The second-order valence-electron chi connectivity index (χ2n) is 3.71. The first-order chi connectivity index (χ1) is 7.88. The number of alkyl halides is 2. The molecule has 0 fully saturated rings. The van der Waals surface area contributed by atoms with Gasteiger partial charge >= 0.3 is 0 Å². The van der Waals surface area contributed by atoms with E-state index in [-0.39, 0.29) is 5.57 Å². The minimum absolute atomic E-state index is 0.0809. The van der Waals surface area contributed by atoms with Crippen molar-refractivity contribution in [1.82, 2.24) is 0 Å². The third kappa shape index (κ3) is 8.31. The van der Waals surface area contributed by atoms with Crippen LogP contribution in [-0.2, 0) is 0 Å². The number of hydrogen-bond acceptors (Lipinski definition) is 1. The van der Waals surface area contributed by atoms with Crippen LogP contribution in [0.15, 0.2) is 53.2 Å². The second kappa shape index (κ2) is 7.71. The van der Waals surface area contributed by atoms with Crippen molar-refractivity contribution in [3.05, 3.63) is 48.2 Å². The van der Waals surface area contributed by atoms with Crippen LogP contribution in [0, 0.1) is 0 Å². The number of hydrogen-bond donors (Lipinski definition) is 0.